The number of aliphatic hydroxyl groups is 1. The third kappa shape index (κ3) is 2.17. The Balaban J connectivity index is 1.84. The van der Waals surface area contributed by atoms with Crippen molar-refractivity contribution in [3.8, 4) is 0 Å². The van der Waals surface area contributed by atoms with Gasteiger partial charge in [0.1, 0.15) is 12.1 Å². The van der Waals surface area contributed by atoms with Crippen LogP contribution in [0.3, 0.4) is 0 Å². The van der Waals surface area contributed by atoms with Gasteiger partial charge in [-0.3, -0.25) is 9.59 Å². The summed E-state index contributed by atoms with van der Waals surface area (Å²) < 4.78 is 0. The Kier molecular flexibility index (Phi) is 3.32. The lowest BCUT2D eigenvalue weighted by Gasteiger charge is -2.36. The lowest BCUT2D eigenvalue weighted by Crippen LogP contribution is -2.52. The van der Waals surface area contributed by atoms with E-state index in [0.29, 0.717) is 18.9 Å². The second kappa shape index (κ2) is 4.70. The van der Waals surface area contributed by atoms with E-state index >= 15 is 0 Å². The zero-order valence-electron chi connectivity index (χ0n) is 13.0. The number of amides is 2. The van der Waals surface area contributed by atoms with E-state index in [-0.39, 0.29) is 16.7 Å². The molecule has 3 rings (SSSR count). The van der Waals surface area contributed by atoms with Crippen molar-refractivity contribution in [1.29, 1.82) is 0 Å². The van der Waals surface area contributed by atoms with E-state index < -0.39 is 18.1 Å². The molecule has 1 saturated heterocycles. The zero-order valence-corrected chi connectivity index (χ0v) is 13.0. The van der Waals surface area contributed by atoms with Crippen LogP contribution in [0.4, 0.5) is 0 Å². The Morgan fingerprint density at radius 1 is 1.33 bits per heavy atom. The number of hydrogen-bond acceptors (Lipinski definition) is 3. The van der Waals surface area contributed by atoms with Gasteiger partial charge in [0.2, 0.25) is 5.91 Å². The summed E-state index contributed by atoms with van der Waals surface area (Å²) in [6.07, 6.45) is 4.73. The van der Waals surface area contributed by atoms with Crippen LogP contribution in [0.25, 0.3) is 0 Å². The molecule has 2 amide bonds. The molecule has 0 spiro atoms. The molecule has 5 nitrogen and oxygen atoms in total. The summed E-state index contributed by atoms with van der Waals surface area (Å²) in [6.45, 7) is 4.77. The molecular formula is C16H26N2O3. The van der Waals surface area contributed by atoms with Crippen molar-refractivity contribution in [1.82, 2.24) is 4.90 Å². The maximum absolute atomic E-state index is 12.6. The minimum absolute atomic E-state index is 0.0678. The summed E-state index contributed by atoms with van der Waals surface area (Å²) in [7, 11) is 0. The zero-order chi connectivity index (χ0) is 15.4. The van der Waals surface area contributed by atoms with Gasteiger partial charge in [-0.1, -0.05) is 33.1 Å². The fraction of sp³-hybridized carbons (Fsp3) is 0.875. The molecule has 5 heteroatoms. The van der Waals surface area contributed by atoms with Crippen LogP contribution in [0, 0.1) is 16.7 Å². The second-order valence-electron chi connectivity index (χ2n) is 7.80. The van der Waals surface area contributed by atoms with E-state index in [4.69, 9.17) is 5.73 Å². The number of aliphatic hydroxyl groups excluding tert-OH is 1. The van der Waals surface area contributed by atoms with Crippen molar-refractivity contribution < 1.29 is 14.7 Å². The summed E-state index contributed by atoms with van der Waals surface area (Å²) in [5.41, 5.74) is 5.30. The van der Waals surface area contributed by atoms with E-state index in [1.807, 2.05) is 0 Å². The first kappa shape index (κ1) is 14.8. The van der Waals surface area contributed by atoms with Crippen molar-refractivity contribution in [3.63, 3.8) is 0 Å². The highest BCUT2D eigenvalue weighted by atomic mass is 16.3. The molecule has 0 aromatic heterocycles. The van der Waals surface area contributed by atoms with Crippen LogP contribution in [0.15, 0.2) is 0 Å². The maximum Gasteiger partial charge on any atom is 0.252 e. The highest BCUT2D eigenvalue weighted by Crippen LogP contribution is 2.60. The lowest BCUT2D eigenvalue weighted by atomic mass is 9.67. The lowest BCUT2D eigenvalue weighted by molar-refractivity contribution is -0.146. The minimum atomic E-state index is -0.981. The molecule has 3 fully saturated rings. The van der Waals surface area contributed by atoms with E-state index in [2.05, 4.69) is 13.8 Å². The normalized spacial score (nSPS) is 40.1. The molecule has 3 N–H and O–H groups in total. The monoisotopic (exact) mass is 294 g/mol. The molecule has 4 atom stereocenters. The van der Waals surface area contributed by atoms with Crippen molar-refractivity contribution in [3.05, 3.63) is 0 Å². The van der Waals surface area contributed by atoms with Crippen molar-refractivity contribution in [2.24, 2.45) is 22.5 Å². The predicted molar refractivity (Wildman–Crippen MR) is 78.1 cm³/mol. The molecule has 1 aliphatic heterocycles. The highest BCUT2D eigenvalue weighted by molar-refractivity contribution is 5.90. The van der Waals surface area contributed by atoms with Crippen molar-refractivity contribution in [2.75, 3.05) is 6.54 Å². The van der Waals surface area contributed by atoms with Gasteiger partial charge < -0.3 is 15.7 Å². The number of hydrogen-bond donors (Lipinski definition) is 2. The fourth-order valence-electron chi connectivity index (χ4n) is 4.61. The van der Waals surface area contributed by atoms with Gasteiger partial charge >= 0.3 is 0 Å². The Morgan fingerprint density at radius 2 is 2.00 bits per heavy atom. The maximum atomic E-state index is 12.6. The molecule has 1 heterocycles. The number of carbonyl (C=O) groups excluding carboxylic acids is 2. The fourth-order valence-corrected chi connectivity index (χ4v) is 4.61. The number of rotatable bonds is 4. The first-order valence-corrected chi connectivity index (χ1v) is 8.06. The van der Waals surface area contributed by atoms with Crippen LogP contribution in [0.5, 0.6) is 0 Å². The standard InChI is InChI=1S/C16H26N2O3/c1-15-6-3-7-16(15,2)12(13(17)20)18(9-15)14(21)11(19)8-10-4-5-10/h10-12,19H,3-9H2,1-2H3,(H2,17,20)/t11-,12-,15+,16-/m1/s1. The molecule has 3 aliphatic rings. The Hall–Kier alpha value is -1.10. The molecule has 0 aromatic rings. The molecule has 0 unspecified atom stereocenters. The van der Waals surface area contributed by atoms with Gasteiger partial charge in [0, 0.05) is 12.0 Å². The molecular weight excluding hydrogens is 268 g/mol. The van der Waals surface area contributed by atoms with Crippen LogP contribution in [-0.2, 0) is 9.59 Å². The number of carbonyl (C=O) groups is 2. The Bertz CT molecular complexity index is 476. The summed E-state index contributed by atoms with van der Waals surface area (Å²) in [4.78, 5) is 26.2. The molecule has 0 bridgehead atoms. The number of nitrogens with zero attached hydrogens (tertiary/aromatic N) is 1. The molecule has 118 valence electrons. The molecule has 21 heavy (non-hydrogen) atoms. The summed E-state index contributed by atoms with van der Waals surface area (Å²) >= 11 is 0. The van der Waals surface area contributed by atoms with Gasteiger partial charge in [0.25, 0.3) is 5.91 Å². The first-order valence-electron chi connectivity index (χ1n) is 8.06. The molecule has 0 radical (unpaired) electrons. The van der Waals surface area contributed by atoms with Crippen LogP contribution < -0.4 is 5.73 Å². The number of nitrogens with two attached hydrogens (primary N) is 1. The van der Waals surface area contributed by atoms with E-state index in [0.717, 1.165) is 32.1 Å². The smallest absolute Gasteiger partial charge is 0.252 e. The predicted octanol–water partition coefficient (Wildman–Crippen LogP) is 1.04. The van der Waals surface area contributed by atoms with E-state index in [1.54, 1.807) is 4.90 Å². The first-order chi connectivity index (χ1) is 9.78. The van der Waals surface area contributed by atoms with Crippen LogP contribution in [-0.4, -0.2) is 40.5 Å². The average molecular weight is 294 g/mol. The third-order valence-electron chi connectivity index (χ3n) is 6.33. The van der Waals surface area contributed by atoms with Crippen molar-refractivity contribution in [2.45, 2.75) is 64.5 Å². The van der Waals surface area contributed by atoms with Gasteiger partial charge in [-0.15, -0.1) is 0 Å². The summed E-state index contributed by atoms with van der Waals surface area (Å²) in [6, 6.07) is -0.577. The summed E-state index contributed by atoms with van der Waals surface area (Å²) in [5, 5.41) is 10.2. The minimum Gasteiger partial charge on any atom is -0.383 e. The van der Waals surface area contributed by atoms with Crippen LogP contribution in [0.2, 0.25) is 0 Å². The third-order valence-corrected chi connectivity index (χ3v) is 6.33. The average Bonchev–Trinajstić information content (AvgIpc) is 3.09. The Labute approximate surface area is 125 Å². The SMILES string of the molecule is C[C@@]12CCC[C@]1(C)[C@@H](C(N)=O)N(C(=O)[C@H](O)CC1CC1)C2. The highest BCUT2D eigenvalue weighted by Gasteiger charge is 2.63. The van der Waals surface area contributed by atoms with Crippen molar-refractivity contribution >= 4 is 11.8 Å². The molecule has 2 aliphatic carbocycles. The topological polar surface area (TPSA) is 83.6 Å². The number of primary amides is 1. The van der Waals surface area contributed by atoms with Gasteiger partial charge in [-0.25, -0.2) is 0 Å². The number of fused-ring (bicyclic) bond motifs is 1. The Morgan fingerprint density at radius 3 is 2.57 bits per heavy atom. The largest absolute Gasteiger partial charge is 0.383 e. The van der Waals surface area contributed by atoms with E-state index in [9.17, 15) is 14.7 Å². The van der Waals surface area contributed by atoms with Gasteiger partial charge in [-0.2, -0.15) is 0 Å². The molecule has 0 aromatic carbocycles. The van der Waals surface area contributed by atoms with Crippen LogP contribution in [0.1, 0.15) is 52.4 Å². The van der Waals surface area contributed by atoms with Crippen LogP contribution >= 0.6 is 0 Å². The number of likely N-dealkylation sites (tertiary alicyclic amines) is 1. The quantitative estimate of drug-likeness (QED) is 0.812. The second-order valence-corrected chi connectivity index (χ2v) is 7.80. The van der Waals surface area contributed by atoms with Gasteiger partial charge in [0.15, 0.2) is 0 Å². The van der Waals surface area contributed by atoms with Gasteiger partial charge in [-0.05, 0) is 30.6 Å². The molecule has 2 saturated carbocycles. The van der Waals surface area contributed by atoms with E-state index in [1.165, 1.54) is 0 Å². The summed E-state index contributed by atoms with van der Waals surface area (Å²) in [5.74, 6) is -0.262. The van der Waals surface area contributed by atoms with Gasteiger partial charge in [0.05, 0.1) is 0 Å².